The monoisotopic (exact) mass is 1370 g/mol. The van der Waals surface area contributed by atoms with Gasteiger partial charge in [-0.1, -0.05) is 123 Å². The van der Waals surface area contributed by atoms with Gasteiger partial charge in [0.25, 0.3) is 0 Å². The Morgan fingerprint density at radius 1 is 0.469 bits per heavy atom. The van der Waals surface area contributed by atoms with Crippen molar-refractivity contribution in [1.29, 1.82) is 0 Å². The first-order chi connectivity index (χ1) is 44.3. The highest BCUT2D eigenvalue weighted by Gasteiger charge is 2.47. The summed E-state index contributed by atoms with van der Waals surface area (Å²) in [5.41, 5.74) is 0. The summed E-state index contributed by atoms with van der Waals surface area (Å²) in [6.45, 7) is 40.5. The molecule has 96 heavy (non-hydrogen) atoms. The molecule has 0 radical (unpaired) electrons. The van der Waals surface area contributed by atoms with E-state index in [2.05, 4.69) is 40.0 Å². The third-order valence-corrected chi connectivity index (χ3v) is 19.9. The first kappa shape index (κ1) is 88.2. The zero-order valence-corrected chi connectivity index (χ0v) is 64.9. The second-order valence-corrected chi connectivity index (χ2v) is 31.6. The van der Waals surface area contributed by atoms with Gasteiger partial charge in [0.15, 0.2) is 0 Å². The van der Waals surface area contributed by atoms with Crippen LogP contribution >= 0.6 is 11.8 Å². The zero-order chi connectivity index (χ0) is 74.5. The number of likely N-dealkylation sites (N-methyl/N-ethyl adjacent to an activating group) is 7. The molecule has 0 aromatic heterocycles. The number of allylic oxidation sites excluding steroid dienone is 2. The molecule has 24 nitrogen and oxygen atoms in total. The van der Waals surface area contributed by atoms with Crippen molar-refractivity contribution in [1.82, 2.24) is 60.5 Å². The van der Waals surface area contributed by atoms with Gasteiger partial charge in [-0.05, 0) is 128 Å². The van der Waals surface area contributed by atoms with E-state index in [1.165, 1.54) is 104 Å². The predicted octanol–water partition coefficient (Wildman–Crippen LogP) is 5.49. The zero-order valence-electron chi connectivity index (χ0n) is 64.1. The molecule has 1 heterocycles. The molecule has 1 aliphatic heterocycles. The molecule has 0 spiro atoms. The third-order valence-electron chi connectivity index (χ3n) is 18.5. The van der Waals surface area contributed by atoms with Crippen LogP contribution in [0.2, 0.25) is 0 Å². The summed E-state index contributed by atoms with van der Waals surface area (Å²) in [6.07, 6.45) is 2.97. The summed E-state index contributed by atoms with van der Waals surface area (Å²) >= 11 is 1.47. The quantitative estimate of drug-likeness (QED) is 0.0839. The maximum Gasteiger partial charge on any atom is 0.246 e. The van der Waals surface area contributed by atoms with E-state index in [0.29, 0.717) is 13.0 Å². The van der Waals surface area contributed by atoms with E-state index in [0.717, 1.165) is 18.0 Å². The molecule has 0 saturated carbocycles. The predicted molar refractivity (Wildman–Crippen MR) is 382 cm³/mol. The minimum absolute atomic E-state index is 0.00235. The van der Waals surface area contributed by atoms with E-state index in [1.807, 2.05) is 82.2 Å². The standard InChI is InChI=1S/C71H130N12O12S/c1-29-33-34-47(17)59(84)58-63(88)74-50(30-2)65(90)80(26)55(39-96-71(20,21)40-83(31-3)32-4)68(93)76(22)52(36-42(7)8)62(87)75-56(45(13)14)69(94)77(23)51(35-41(5)6)61(86)72-48(18)60(85)73-49(19)64(89)78(24)53(37-43(9)10)66(91)79(25)54(38-44(11)12)67(92)81(27)57(46(15)16)70(95)82(58)28/h29,33,41-59,84H,30-32,34-40H2,1-28H3,(H,72,86)(H,73,85)(H,74,88)(H,75,87)/b33-29+/t47-,48+,49-,50+,51+,52+,53+,54+,55-,56+,57+,58+,59-/m1/s1. The van der Waals surface area contributed by atoms with E-state index in [9.17, 15) is 24.3 Å². The van der Waals surface area contributed by atoms with Gasteiger partial charge in [0.2, 0.25) is 65.0 Å². The molecule has 1 saturated heterocycles. The number of rotatable bonds is 22. The molecule has 1 rings (SSSR count). The van der Waals surface area contributed by atoms with Crippen molar-refractivity contribution < 1.29 is 57.8 Å². The molecule has 0 unspecified atom stereocenters. The number of hydrogen-bond acceptors (Lipinski definition) is 14. The topological polar surface area (TPSA) is 282 Å². The van der Waals surface area contributed by atoms with Gasteiger partial charge in [-0.15, -0.1) is 0 Å². The number of carbonyl (C=O) groups is 11. The smallest absolute Gasteiger partial charge is 0.246 e. The maximum atomic E-state index is 15.6. The van der Waals surface area contributed by atoms with Crippen molar-refractivity contribution in [3.05, 3.63) is 12.2 Å². The van der Waals surface area contributed by atoms with E-state index in [-0.39, 0.29) is 61.5 Å². The van der Waals surface area contributed by atoms with Crippen LogP contribution in [0.15, 0.2) is 12.2 Å². The molecule has 11 amide bonds. The third kappa shape index (κ3) is 25.2. The summed E-state index contributed by atoms with van der Waals surface area (Å²) in [5, 5.41) is 23.6. The first-order valence-corrected chi connectivity index (χ1v) is 36.0. The van der Waals surface area contributed by atoms with Crippen LogP contribution in [-0.4, -0.2) is 261 Å². The highest BCUT2D eigenvalue weighted by Crippen LogP contribution is 2.30. The molecule has 25 heteroatoms. The number of aliphatic hydroxyl groups excluding tert-OH is 1. The number of nitrogens with one attached hydrogen (secondary N) is 4. The normalized spacial score (nSPS) is 26.2. The molecule has 552 valence electrons. The first-order valence-electron chi connectivity index (χ1n) is 35.1. The second kappa shape index (κ2) is 40.3. The average Bonchev–Trinajstić information content (AvgIpc) is 0.815. The van der Waals surface area contributed by atoms with Crippen LogP contribution < -0.4 is 21.3 Å². The van der Waals surface area contributed by atoms with Gasteiger partial charge >= 0.3 is 0 Å². The van der Waals surface area contributed by atoms with Crippen LogP contribution in [0, 0.1) is 41.4 Å². The van der Waals surface area contributed by atoms with Gasteiger partial charge in [-0.2, -0.15) is 11.8 Å². The van der Waals surface area contributed by atoms with Gasteiger partial charge in [-0.25, -0.2) is 0 Å². The Labute approximate surface area is 582 Å². The maximum absolute atomic E-state index is 15.6. The average molecular weight is 1380 g/mol. The summed E-state index contributed by atoms with van der Waals surface area (Å²) in [4.78, 5) is 176. The van der Waals surface area contributed by atoms with E-state index in [4.69, 9.17) is 0 Å². The lowest BCUT2D eigenvalue weighted by Crippen LogP contribution is -2.64. The molecule has 1 aliphatic rings. The minimum Gasteiger partial charge on any atom is -0.390 e. The summed E-state index contributed by atoms with van der Waals surface area (Å²) < 4.78 is -0.467. The van der Waals surface area contributed by atoms with Crippen molar-refractivity contribution in [3.8, 4) is 0 Å². The van der Waals surface area contributed by atoms with Crippen LogP contribution in [0.25, 0.3) is 0 Å². The van der Waals surface area contributed by atoms with Crippen LogP contribution in [0.5, 0.6) is 0 Å². The fourth-order valence-electron chi connectivity index (χ4n) is 12.3. The van der Waals surface area contributed by atoms with Gasteiger partial charge in [0.1, 0.15) is 66.5 Å². The number of amides is 11. The largest absolute Gasteiger partial charge is 0.390 e. The van der Waals surface area contributed by atoms with Crippen molar-refractivity contribution in [2.75, 3.05) is 74.7 Å². The van der Waals surface area contributed by atoms with E-state index >= 15 is 33.6 Å². The lowest BCUT2D eigenvalue weighted by molar-refractivity contribution is -0.157. The Bertz CT molecular complexity index is 2610. The highest BCUT2D eigenvalue weighted by molar-refractivity contribution is 8.00. The fraction of sp³-hybridized carbons (Fsp3) is 0.817. The van der Waals surface area contributed by atoms with Gasteiger partial charge in [-0.3, -0.25) is 52.7 Å². The molecular weight excluding hydrogens is 1240 g/mol. The molecule has 1 fully saturated rings. The fourth-order valence-corrected chi connectivity index (χ4v) is 13.6. The van der Waals surface area contributed by atoms with Crippen LogP contribution in [0.4, 0.5) is 0 Å². The number of nitrogens with zero attached hydrogens (tertiary/aromatic N) is 8. The Kier molecular flexibility index (Phi) is 37.0. The molecule has 0 aromatic carbocycles. The number of hydrogen-bond donors (Lipinski definition) is 5. The Hall–Kier alpha value is -5.82. The van der Waals surface area contributed by atoms with Crippen LogP contribution in [0.1, 0.15) is 184 Å². The van der Waals surface area contributed by atoms with E-state index in [1.54, 1.807) is 47.6 Å². The van der Waals surface area contributed by atoms with Crippen molar-refractivity contribution >= 4 is 76.7 Å². The van der Waals surface area contributed by atoms with Gasteiger partial charge in [0.05, 0.1) is 6.10 Å². The van der Waals surface area contributed by atoms with Crippen molar-refractivity contribution in [2.45, 2.75) is 261 Å². The molecule has 0 aliphatic carbocycles. The number of thioether (sulfide) groups is 1. The summed E-state index contributed by atoms with van der Waals surface area (Å²) in [7, 11) is 10.2. The molecule has 0 aromatic rings. The number of aliphatic hydroxyl groups is 1. The minimum atomic E-state index is -1.64. The Balaban J connectivity index is 4.62. The Morgan fingerprint density at radius 3 is 1.30 bits per heavy atom. The summed E-state index contributed by atoms with van der Waals surface area (Å²) in [5.74, 6) is -9.73. The van der Waals surface area contributed by atoms with Crippen molar-refractivity contribution in [3.63, 3.8) is 0 Å². The molecular formula is C71H130N12O12S. The lowest BCUT2D eigenvalue weighted by atomic mass is 9.91. The van der Waals surface area contributed by atoms with Crippen LogP contribution in [0.3, 0.4) is 0 Å². The highest BCUT2D eigenvalue weighted by atomic mass is 32.2. The Morgan fingerprint density at radius 2 is 0.865 bits per heavy atom. The van der Waals surface area contributed by atoms with Gasteiger partial charge < -0.3 is 65.6 Å². The molecule has 13 atom stereocenters. The van der Waals surface area contributed by atoms with Crippen LogP contribution in [-0.2, 0) is 52.7 Å². The van der Waals surface area contributed by atoms with E-state index < -0.39 is 160 Å². The van der Waals surface area contributed by atoms with Crippen molar-refractivity contribution in [2.24, 2.45) is 41.4 Å². The summed E-state index contributed by atoms with van der Waals surface area (Å²) in [6, 6.07) is -13.8. The van der Waals surface area contributed by atoms with Gasteiger partial charge in [0, 0.05) is 66.4 Å². The molecule has 0 bridgehead atoms. The number of carbonyl (C=O) groups excluding carboxylic acids is 11. The second-order valence-electron chi connectivity index (χ2n) is 29.8. The molecule has 5 N–H and O–H groups in total. The SMILES string of the molecule is C/C=C/C[C@@H](C)[C@@H](O)[C@H]1C(=O)N[C@@H](CC)C(=O)N(C)[C@H](CSC(C)(C)CN(CC)CC)C(=O)N(C)[C@@H](CC(C)C)C(=O)N[C@@H](C(C)C)C(=O)N(C)[C@@H](CC(C)C)C(=O)N[C@@H](C)C(=O)N[C@H](C)C(=O)N(C)[C@@H](CC(C)C)C(=O)N(C)[C@@H](CC(C)C)C(=O)N(C)[C@@H](C(C)C)C(=O)N1C. The lowest BCUT2D eigenvalue weighted by Gasteiger charge is -2.41.